The van der Waals surface area contributed by atoms with Gasteiger partial charge in [0.2, 0.25) is 11.8 Å². The summed E-state index contributed by atoms with van der Waals surface area (Å²) in [7, 11) is 0. The van der Waals surface area contributed by atoms with Gasteiger partial charge in [0, 0.05) is 43.0 Å². The summed E-state index contributed by atoms with van der Waals surface area (Å²) in [6, 6.07) is 24.6. The normalized spacial score (nSPS) is 16.3. The Hall–Kier alpha value is -3.37. The molecule has 1 heterocycles. The third kappa shape index (κ3) is 8.56. The van der Waals surface area contributed by atoms with Crippen LogP contribution in [0.1, 0.15) is 36.9 Å². The molecule has 4 rings (SSSR count). The highest BCUT2D eigenvalue weighted by Gasteiger charge is 2.26. The molecule has 2 unspecified atom stereocenters. The molecule has 2 N–H and O–H groups in total. The van der Waals surface area contributed by atoms with Gasteiger partial charge in [0.05, 0.1) is 6.54 Å². The van der Waals surface area contributed by atoms with Crippen LogP contribution >= 0.6 is 0 Å². The Morgan fingerprint density at radius 2 is 1.68 bits per heavy atom. The molecule has 0 aliphatic carbocycles. The monoisotopic (exact) mass is 561 g/mol. The van der Waals surface area contributed by atoms with Gasteiger partial charge in [0.25, 0.3) is 0 Å². The van der Waals surface area contributed by atoms with Gasteiger partial charge in [-0.3, -0.25) is 18.7 Å². The van der Waals surface area contributed by atoms with Crippen molar-refractivity contribution in [1.82, 2.24) is 19.8 Å². The number of hydrogen-bond acceptors (Lipinski definition) is 5. The average Bonchev–Trinajstić information content (AvgIpc) is 2.98. The van der Waals surface area contributed by atoms with Crippen molar-refractivity contribution in [3.63, 3.8) is 0 Å². The highest BCUT2D eigenvalue weighted by Crippen LogP contribution is 2.31. The molecule has 1 saturated heterocycles. The topological polar surface area (TPSA) is 105 Å². The molecule has 9 heteroatoms. The molecule has 0 bridgehead atoms. The lowest BCUT2D eigenvalue weighted by atomic mass is 9.93. The van der Waals surface area contributed by atoms with E-state index < -0.39 is 11.3 Å². The molecule has 2 atom stereocenters. The Morgan fingerprint density at radius 1 is 1.00 bits per heavy atom. The largest absolute Gasteiger partial charge is 0.760 e. The van der Waals surface area contributed by atoms with Crippen molar-refractivity contribution in [2.75, 3.05) is 39.3 Å². The molecule has 1 aliphatic rings. The number of piperidine rings is 1. The lowest BCUT2D eigenvalue weighted by Gasteiger charge is -2.38. The molecular weight excluding hydrogens is 524 g/mol. The van der Waals surface area contributed by atoms with Crippen LogP contribution in [0.3, 0.4) is 0 Å². The first kappa shape index (κ1) is 29.6. The maximum atomic E-state index is 12.4. The fourth-order valence-electron chi connectivity index (χ4n) is 5.20. The second kappa shape index (κ2) is 14.9. The van der Waals surface area contributed by atoms with Crippen LogP contribution in [0, 0.1) is 5.92 Å². The van der Waals surface area contributed by atoms with Gasteiger partial charge in [0.1, 0.15) is 0 Å². The number of benzene rings is 3. The van der Waals surface area contributed by atoms with Crippen LogP contribution in [0.2, 0.25) is 0 Å². The van der Waals surface area contributed by atoms with Crippen LogP contribution in [-0.4, -0.2) is 69.0 Å². The van der Waals surface area contributed by atoms with E-state index >= 15 is 0 Å². The van der Waals surface area contributed by atoms with Gasteiger partial charge < -0.3 is 15.2 Å². The van der Waals surface area contributed by atoms with E-state index in [0.29, 0.717) is 6.54 Å². The number of carbonyl (C=O) groups excluding carboxylic acids is 2. The van der Waals surface area contributed by atoms with Crippen molar-refractivity contribution in [3.05, 3.63) is 90.0 Å². The average molecular weight is 562 g/mol. The second-order valence-electron chi connectivity index (χ2n) is 10.1. The van der Waals surface area contributed by atoms with Gasteiger partial charge in [-0.1, -0.05) is 72.8 Å². The van der Waals surface area contributed by atoms with E-state index in [4.69, 9.17) is 0 Å². The van der Waals surface area contributed by atoms with Crippen LogP contribution in [0.15, 0.2) is 78.9 Å². The predicted molar refractivity (Wildman–Crippen MR) is 159 cm³/mol. The third-order valence-corrected chi connectivity index (χ3v) is 8.14. The van der Waals surface area contributed by atoms with Gasteiger partial charge in [-0.2, -0.15) is 0 Å². The Morgan fingerprint density at radius 3 is 2.42 bits per heavy atom. The van der Waals surface area contributed by atoms with E-state index in [2.05, 4.69) is 64.9 Å². The maximum absolute atomic E-state index is 12.4. The summed E-state index contributed by atoms with van der Waals surface area (Å²) in [6.45, 7) is 4.53. The van der Waals surface area contributed by atoms with Crippen molar-refractivity contribution in [2.24, 2.45) is 5.92 Å². The van der Waals surface area contributed by atoms with Gasteiger partial charge >= 0.3 is 0 Å². The molecular formula is C31H37N4O4S-. The Balaban J connectivity index is 1.18. The van der Waals surface area contributed by atoms with Crippen LogP contribution in [0.5, 0.6) is 0 Å². The van der Waals surface area contributed by atoms with E-state index in [9.17, 15) is 18.4 Å². The number of nitrogens with one attached hydrogen (secondary N) is 2. The van der Waals surface area contributed by atoms with Gasteiger partial charge in [-0.15, -0.1) is 0 Å². The minimum atomic E-state index is -2.49. The molecule has 212 valence electrons. The van der Waals surface area contributed by atoms with E-state index in [1.165, 1.54) is 26.7 Å². The van der Waals surface area contributed by atoms with Crippen molar-refractivity contribution < 1.29 is 18.4 Å². The standard InChI is InChI=1S/C31H38N4O4S/c1-24(28-13-7-11-27-10-5-6-12-29(27)28)34-20-16-26(17-21-34)22-35(40(38)39)23-31(37)33-19-18-32-30(36)15-14-25-8-3-2-4-9-25/h2-15,24,26H,16-23H2,1H3,(H,32,36)(H,33,37)(H,38,39)/p-1. The van der Waals surface area contributed by atoms with Crippen molar-refractivity contribution in [2.45, 2.75) is 25.8 Å². The zero-order valence-corrected chi connectivity index (χ0v) is 23.6. The number of rotatable bonds is 12. The number of carbonyl (C=O) groups is 2. The van der Waals surface area contributed by atoms with Crippen LogP contribution in [0.25, 0.3) is 16.8 Å². The first-order chi connectivity index (χ1) is 19.4. The SMILES string of the molecule is CC(c1cccc2ccccc12)N1CCC(CN(CC(=O)NCCNC(=O)C=Cc2ccccc2)S(=O)[O-])CC1. The highest BCUT2D eigenvalue weighted by atomic mass is 32.2. The maximum Gasteiger partial charge on any atom is 0.244 e. The number of fused-ring (bicyclic) bond motifs is 1. The van der Waals surface area contributed by atoms with Gasteiger partial charge in [-0.25, -0.2) is 4.31 Å². The second-order valence-corrected chi connectivity index (χ2v) is 11.1. The summed E-state index contributed by atoms with van der Waals surface area (Å²) < 4.78 is 24.9. The molecule has 1 fully saturated rings. The Bertz CT molecular complexity index is 1320. The molecule has 0 aromatic heterocycles. The van der Waals surface area contributed by atoms with Crippen LogP contribution in [0.4, 0.5) is 0 Å². The fraction of sp³-hybridized carbons (Fsp3) is 0.355. The molecule has 0 spiro atoms. The highest BCUT2D eigenvalue weighted by molar-refractivity contribution is 7.76. The minimum Gasteiger partial charge on any atom is -0.760 e. The molecule has 0 saturated carbocycles. The van der Waals surface area contributed by atoms with E-state index in [-0.39, 0.29) is 43.4 Å². The van der Waals surface area contributed by atoms with E-state index in [1.54, 1.807) is 6.08 Å². The summed E-state index contributed by atoms with van der Waals surface area (Å²) in [5, 5.41) is 7.89. The molecule has 2 amide bonds. The number of hydrogen-bond donors (Lipinski definition) is 2. The van der Waals surface area contributed by atoms with Crippen molar-refractivity contribution >= 4 is 39.9 Å². The molecule has 8 nitrogen and oxygen atoms in total. The summed E-state index contributed by atoms with van der Waals surface area (Å²) in [5.74, 6) is -0.459. The summed E-state index contributed by atoms with van der Waals surface area (Å²) in [6.07, 6.45) is 4.89. The molecule has 40 heavy (non-hydrogen) atoms. The van der Waals surface area contributed by atoms with Gasteiger partial charge in [0.15, 0.2) is 0 Å². The van der Waals surface area contributed by atoms with Crippen molar-refractivity contribution in [3.8, 4) is 0 Å². The van der Waals surface area contributed by atoms with Gasteiger partial charge in [-0.05, 0) is 66.7 Å². The number of likely N-dealkylation sites (tertiary alicyclic amines) is 1. The lowest BCUT2D eigenvalue weighted by Crippen LogP contribution is -2.44. The first-order valence-corrected chi connectivity index (χ1v) is 14.8. The fourth-order valence-corrected chi connectivity index (χ4v) is 5.75. The Labute approximate surface area is 238 Å². The summed E-state index contributed by atoms with van der Waals surface area (Å²) in [5.41, 5.74) is 2.22. The molecule has 1 aliphatic heterocycles. The number of nitrogens with zero attached hydrogens (tertiary/aromatic N) is 2. The lowest BCUT2D eigenvalue weighted by molar-refractivity contribution is -0.122. The zero-order valence-electron chi connectivity index (χ0n) is 22.8. The zero-order chi connectivity index (χ0) is 28.3. The molecule has 0 radical (unpaired) electrons. The summed E-state index contributed by atoms with van der Waals surface area (Å²) >= 11 is -2.49. The van der Waals surface area contributed by atoms with Crippen molar-refractivity contribution in [1.29, 1.82) is 0 Å². The summed E-state index contributed by atoms with van der Waals surface area (Å²) in [4.78, 5) is 26.8. The number of amides is 2. The first-order valence-electron chi connectivity index (χ1n) is 13.7. The quantitative estimate of drug-likeness (QED) is 0.200. The van der Waals surface area contributed by atoms with Crippen LogP contribution in [-0.2, 0) is 20.9 Å². The molecule has 3 aromatic carbocycles. The van der Waals surface area contributed by atoms with Crippen LogP contribution < -0.4 is 10.6 Å². The predicted octanol–water partition coefficient (Wildman–Crippen LogP) is 3.65. The minimum absolute atomic E-state index is 0.192. The Kier molecular flexibility index (Phi) is 11.0. The molecule has 3 aromatic rings. The smallest absolute Gasteiger partial charge is 0.244 e. The van der Waals surface area contributed by atoms with E-state index in [1.807, 2.05) is 30.3 Å². The third-order valence-electron chi connectivity index (χ3n) is 7.44. The van der Waals surface area contributed by atoms with E-state index in [0.717, 1.165) is 31.5 Å².